The lowest BCUT2D eigenvalue weighted by atomic mass is 9.84. The minimum atomic E-state index is -3.86. The van der Waals surface area contributed by atoms with Crippen molar-refractivity contribution in [2.24, 2.45) is 5.92 Å². The first-order valence-electron chi connectivity index (χ1n) is 11.1. The third kappa shape index (κ3) is 5.74. The average Bonchev–Trinajstić information content (AvgIpc) is 3.31. The molecule has 2 heterocycles. The number of piperazine rings is 1. The van der Waals surface area contributed by atoms with E-state index in [4.69, 9.17) is 11.6 Å². The first-order chi connectivity index (χ1) is 15.8. The number of rotatable bonds is 7. The normalized spacial score (nSPS) is 19.4. The van der Waals surface area contributed by atoms with Gasteiger partial charge in [0.25, 0.3) is 0 Å². The highest BCUT2D eigenvalue weighted by atomic mass is 35.5. The molecule has 2 aliphatic rings. The molecule has 0 unspecified atom stereocenters. The van der Waals surface area contributed by atoms with Crippen molar-refractivity contribution in [3.05, 3.63) is 40.9 Å². The minimum absolute atomic E-state index is 0.0523. The summed E-state index contributed by atoms with van der Waals surface area (Å²) >= 11 is 7.28. The number of carbonyl (C=O) groups is 2. The van der Waals surface area contributed by atoms with Crippen LogP contribution in [0.2, 0.25) is 5.02 Å². The summed E-state index contributed by atoms with van der Waals surface area (Å²) in [5.74, 6) is -0.274. The van der Waals surface area contributed by atoms with Crippen molar-refractivity contribution in [1.82, 2.24) is 14.2 Å². The van der Waals surface area contributed by atoms with Crippen molar-refractivity contribution in [2.75, 3.05) is 25.0 Å². The van der Waals surface area contributed by atoms with Gasteiger partial charge in [-0.3, -0.25) is 9.59 Å². The maximum Gasteiger partial charge on any atom is 0.248 e. The second-order valence-corrected chi connectivity index (χ2v) is 11.7. The van der Waals surface area contributed by atoms with Crippen molar-refractivity contribution in [3.8, 4) is 0 Å². The van der Waals surface area contributed by atoms with Gasteiger partial charge in [0.05, 0.1) is 11.4 Å². The molecule has 1 aromatic heterocycles. The molecule has 11 heteroatoms. The number of nitrogens with one attached hydrogen (secondary N) is 1. The molecule has 2 fully saturated rings. The van der Waals surface area contributed by atoms with E-state index < -0.39 is 16.1 Å². The summed E-state index contributed by atoms with van der Waals surface area (Å²) in [5, 5.41) is 5.41. The second-order valence-electron chi connectivity index (χ2n) is 8.47. The minimum Gasteiger partial charge on any atom is -0.328 e. The number of sulfonamides is 1. The zero-order valence-corrected chi connectivity index (χ0v) is 20.5. The molecule has 4 rings (SSSR count). The average molecular weight is 511 g/mol. The van der Waals surface area contributed by atoms with Gasteiger partial charge < -0.3 is 10.2 Å². The number of benzene rings is 1. The lowest BCUT2D eigenvalue weighted by molar-refractivity contribution is -0.142. The van der Waals surface area contributed by atoms with Crippen LogP contribution in [-0.2, 0) is 19.6 Å². The lowest BCUT2D eigenvalue weighted by Gasteiger charge is -2.39. The first kappa shape index (κ1) is 24.1. The standard InChI is InChI=1S/C22H27ClN4O4S2/c23-17-7-4-8-18(14-17)33(30,31)26-10-11-27(20(28)15-26)19(13-16-5-2-1-3-6-16)21(29)25-22-24-9-12-32-22/h4,7-9,12,14,16,19H,1-3,5-6,10-11,13,15H2,(H,24,25,29)/t19-/m0/s1. The second kappa shape index (κ2) is 10.5. The molecule has 0 radical (unpaired) electrons. The molecule has 33 heavy (non-hydrogen) atoms. The van der Waals surface area contributed by atoms with Crippen molar-refractivity contribution < 1.29 is 18.0 Å². The van der Waals surface area contributed by atoms with Crippen LogP contribution in [0.4, 0.5) is 5.13 Å². The van der Waals surface area contributed by atoms with Crippen molar-refractivity contribution in [1.29, 1.82) is 0 Å². The Morgan fingerprint density at radius 3 is 2.70 bits per heavy atom. The number of nitrogens with zero attached hydrogens (tertiary/aromatic N) is 3. The summed E-state index contributed by atoms with van der Waals surface area (Å²) in [7, 11) is -3.86. The number of anilines is 1. The Labute approximate surface area is 203 Å². The van der Waals surface area contributed by atoms with Crippen LogP contribution in [0.25, 0.3) is 0 Å². The number of hydrogen-bond acceptors (Lipinski definition) is 6. The van der Waals surface area contributed by atoms with Gasteiger partial charge in [-0.1, -0.05) is 49.8 Å². The smallest absolute Gasteiger partial charge is 0.248 e. The summed E-state index contributed by atoms with van der Waals surface area (Å²) in [6, 6.07) is 5.35. The van der Waals surface area contributed by atoms with E-state index in [1.807, 2.05) is 0 Å². The Balaban J connectivity index is 1.50. The van der Waals surface area contributed by atoms with Gasteiger partial charge in [-0.25, -0.2) is 13.4 Å². The fourth-order valence-corrected chi connectivity index (χ4v) is 6.78. The molecule has 1 saturated carbocycles. The number of carbonyl (C=O) groups excluding carboxylic acids is 2. The van der Waals surface area contributed by atoms with E-state index in [1.165, 1.54) is 29.9 Å². The van der Waals surface area contributed by atoms with Crippen LogP contribution in [0.15, 0.2) is 40.7 Å². The monoisotopic (exact) mass is 510 g/mol. The summed E-state index contributed by atoms with van der Waals surface area (Å²) in [4.78, 5) is 32.0. The quantitative estimate of drug-likeness (QED) is 0.613. The third-order valence-electron chi connectivity index (χ3n) is 6.28. The molecule has 2 amide bonds. The van der Waals surface area contributed by atoms with Crippen LogP contribution in [0, 0.1) is 5.92 Å². The largest absolute Gasteiger partial charge is 0.328 e. The summed E-state index contributed by atoms with van der Waals surface area (Å²) < 4.78 is 27.2. The Kier molecular flexibility index (Phi) is 7.68. The molecule has 1 aliphatic heterocycles. The predicted molar refractivity (Wildman–Crippen MR) is 128 cm³/mol. The fourth-order valence-electron chi connectivity index (χ4n) is 4.56. The molecule has 1 aliphatic carbocycles. The molecule has 2 aromatic rings. The number of thiazole rings is 1. The zero-order valence-electron chi connectivity index (χ0n) is 18.2. The predicted octanol–water partition coefficient (Wildman–Crippen LogP) is 3.61. The Morgan fingerprint density at radius 1 is 1.24 bits per heavy atom. The number of hydrogen-bond donors (Lipinski definition) is 1. The molecule has 1 atom stereocenters. The van der Waals surface area contributed by atoms with Crippen LogP contribution < -0.4 is 5.32 Å². The van der Waals surface area contributed by atoms with Crippen LogP contribution in [0.1, 0.15) is 38.5 Å². The summed E-state index contributed by atoms with van der Waals surface area (Å²) in [6.45, 7) is -0.0336. The van der Waals surface area contributed by atoms with E-state index in [0.717, 1.165) is 30.0 Å². The first-order valence-corrected chi connectivity index (χ1v) is 13.8. The van der Waals surface area contributed by atoms with Crippen LogP contribution in [0.3, 0.4) is 0 Å². The molecule has 8 nitrogen and oxygen atoms in total. The Bertz CT molecular complexity index is 1090. The van der Waals surface area contributed by atoms with Crippen molar-refractivity contribution in [3.63, 3.8) is 0 Å². The fraction of sp³-hybridized carbons (Fsp3) is 0.500. The molecular weight excluding hydrogens is 484 g/mol. The molecule has 1 N–H and O–H groups in total. The highest BCUT2D eigenvalue weighted by Crippen LogP contribution is 2.30. The van der Waals surface area contributed by atoms with Crippen molar-refractivity contribution in [2.45, 2.75) is 49.5 Å². The van der Waals surface area contributed by atoms with Gasteiger partial charge in [0.15, 0.2) is 5.13 Å². The molecule has 1 aromatic carbocycles. The van der Waals surface area contributed by atoms with E-state index in [1.54, 1.807) is 28.6 Å². The topological polar surface area (TPSA) is 99.7 Å². The van der Waals surface area contributed by atoms with Gasteiger partial charge in [0, 0.05) is 29.7 Å². The number of amides is 2. The van der Waals surface area contributed by atoms with Crippen LogP contribution in [0.5, 0.6) is 0 Å². The van der Waals surface area contributed by atoms with Gasteiger partial charge in [0.2, 0.25) is 21.8 Å². The van der Waals surface area contributed by atoms with Gasteiger partial charge >= 0.3 is 0 Å². The number of aromatic nitrogens is 1. The summed E-state index contributed by atoms with van der Waals surface area (Å²) in [6.07, 6.45) is 7.73. The van der Waals surface area contributed by atoms with E-state index >= 15 is 0 Å². The van der Waals surface area contributed by atoms with E-state index in [-0.39, 0.29) is 36.3 Å². The highest BCUT2D eigenvalue weighted by molar-refractivity contribution is 7.89. The highest BCUT2D eigenvalue weighted by Gasteiger charge is 2.39. The van der Waals surface area contributed by atoms with Gasteiger partial charge in [-0.15, -0.1) is 11.3 Å². The Morgan fingerprint density at radius 2 is 2.03 bits per heavy atom. The van der Waals surface area contributed by atoms with Gasteiger partial charge in [0.1, 0.15) is 6.04 Å². The van der Waals surface area contributed by atoms with E-state index in [0.29, 0.717) is 22.5 Å². The molecule has 1 saturated heterocycles. The Hall–Kier alpha value is -2.01. The van der Waals surface area contributed by atoms with Crippen LogP contribution >= 0.6 is 22.9 Å². The van der Waals surface area contributed by atoms with Gasteiger partial charge in [-0.05, 0) is 30.5 Å². The van der Waals surface area contributed by atoms with E-state index in [9.17, 15) is 18.0 Å². The third-order valence-corrected chi connectivity index (χ3v) is 9.04. The van der Waals surface area contributed by atoms with Gasteiger partial charge in [-0.2, -0.15) is 4.31 Å². The SMILES string of the molecule is O=C(Nc1nccs1)[C@H](CC1CCCCC1)N1CCN(S(=O)(=O)c2cccc(Cl)c2)CC1=O. The maximum absolute atomic E-state index is 13.2. The van der Waals surface area contributed by atoms with E-state index in [2.05, 4.69) is 10.3 Å². The lowest BCUT2D eigenvalue weighted by Crippen LogP contribution is -2.58. The maximum atomic E-state index is 13.2. The molecule has 0 bridgehead atoms. The van der Waals surface area contributed by atoms with Crippen molar-refractivity contribution >= 4 is 49.9 Å². The zero-order chi connectivity index (χ0) is 23.4. The molecular formula is C22H27ClN4O4S2. The number of halogens is 1. The summed E-state index contributed by atoms with van der Waals surface area (Å²) in [5.41, 5.74) is 0. The molecule has 0 spiro atoms. The molecule has 178 valence electrons. The van der Waals surface area contributed by atoms with Crippen LogP contribution in [-0.4, -0.2) is 60.1 Å².